The van der Waals surface area contributed by atoms with Crippen LogP contribution in [0.15, 0.2) is 121 Å². The molecule has 1 unspecified atom stereocenters. The summed E-state index contributed by atoms with van der Waals surface area (Å²) >= 11 is 10.4. The van der Waals surface area contributed by atoms with Crippen LogP contribution in [0.5, 0.6) is 0 Å². The predicted molar refractivity (Wildman–Crippen MR) is 188 cm³/mol. The fraction of sp³-hybridized carbons (Fsp3) is 0.250. The molecule has 0 aliphatic carbocycles. The molecule has 0 amide bonds. The Balaban J connectivity index is 0.000000208. The van der Waals surface area contributed by atoms with Crippen molar-refractivity contribution in [1.29, 1.82) is 0 Å². The molecule has 0 aliphatic heterocycles. The summed E-state index contributed by atoms with van der Waals surface area (Å²) in [7, 11) is 5.13. The molecule has 0 aromatic heterocycles. The largest absolute Gasteiger partial charge is 0.0787 e. The Labute approximate surface area is 265 Å². The minimum absolute atomic E-state index is 0.0392. The first-order valence-corrected chi connectivity index (χ1v) is 20.8. The summed E-state index contributed by atoms with van der Waals surface area (Å²) in [5, 5.41) is 0.612. The third-order valence-corrected chi connectivity index (χ3v) is 11.9. The normalized spacial score (nSPS) is 11.4. The van der Waals surface area contributed by atoms with Crippen LogP contribution in [0, 0.1) is 0 Å². The molecule has 4 aromatic rings. The average molecular weight is 756 g/mol. The van der Waals surface area contributed by atoms with E-state index >= 15 is 0 Å². The summed E-state index contributed by atoms with van der Waals surface area (Å²) in [4.78, 5) is 0. The number of rotatable bonds is 10. The zero-order chi connectivity index (χ0) is 27.5. The highest BCUT2D eigenvalue weighted by Gasteiger charge is 2.28. The molecule has 0 N–H and O–H groups in total. The first-order valence-electron chi connectivity index (χ1n) is 12.6. The molecule has 38 heavy (non-hydrogen) atoms. The van der Waals surface area contributed by atoms with E-state index < -0.39 is 0 Å². The quantitative estimate of drug-likeness (QED) is 0.158. The lowest BCUT2D eigenvalue weighted by atomic mass is 9.92. The van der Waals surface area contributed by atoms with Crippen molar-refractivity contribution in [1.82, 2.24) is 0 Å². The van der Waals surface area contributed by atoms with Gasteiger partial charge in [0.25, 0.3) is 0 Å². The van der Waals surface area contributed by atoms with Crippen LogP contribution in [0.2, 0.25) is 0 Å². The summed E-state index contributed by atoms with van der Waals surface area (Å²) in [6.45, 7) is 4.47. The monoisotopic (exact) mass is 752 g/mol. The molecule has 4 aromatic carbocycles. The lowest BCUT2D eigenvalue weighted by Gasteiger charge is -2.27. The molecule has 0 saturated heterocycles. The molecule has 0 spiro atoms. The maximum absolute atomic E-state index is 3.56. The van der Waals surface area contributed by atoms with Gasteiger partial charge in [-0.2, -0.15) is 0 Å². The van der Waals surface area contributed by atoms with E-state index in [-0.39, 0.29) is 4.75 Å². The van der Waals surface area contributed by atoms with Crippen LogP contribution in [0.1, 0.15) is 60.6 Å². The van der Waals surface area contributed by atoms with E-state index in [9.17, 15) is 0 Å². The maximum atomic E-state index is 3.56. The molecular weight excluding hydrogens is 720 g/mol. The summed E-state index contributed by atoms with van der Waals surface area (Å²) in [6, 6.07) is 42.2. The Morgan fingerprint density at radius 3 is 1.50 bits per heavy atom. The highest BCUT2D eigenvalue weighted by molar-refractivity contribution is 9.50. The van der Waals surface area contributed by atoms with Gasteiger partial charge < -0.3 is 0 Å². The molecule has 0 saturated carbocycles. The molecular formula is C32H35Br3S3. The van der Waals surface area contributed by atoms with Crippen LogP contribution < -0.4 is 0 Å². The molecule has 4 rings (SSSR count). The van der Waals surface area contributed by atoms with Crippen LogP contribution in [-0.2, 0) is 10.5 Å². The van der Waals surface area contributed by atoms with Crippen molar-refractivity contribution in [3.8, 4) is 0 Å². The van der Waals surface area contributed by atoms with E-state index in [0.29, 0.717) is 5.25 Å². The lowest BCUT2D eigenvalue weighted by Crippen LogP contribution is -2.17. The van der Waals surface area contributed by atoms with Crippen molar-refractivity contribution in [2.45, 2.75) is 48.9 Å². The van der Waals surface area contributed by atoms with E-state index in [1.807, 2.05) is 18.2 Å². The van der Waals surface area contributed by atoms with Gasteiger partial charge in [0, 0.05) is 11.0 Å². The van der Waals surface area contributed by atoms with Crippen LogP contribution in [0.25, 0.3) is 0 Å². The van der Waals surface area contributed by atoms with Gasteiger partial charge in [0.1, 0.15) is 0 Å². The fourth-order valence-electron chi connectivity index (χ4n) is 3.73. The number of halogens is 3. The molecule has 1 atom stereocenters. The van der Waals surface area contributed by atoms with E-state index in [1.165, 1.54) is 41.5 Å². The van der Waals surface area contributed by atoms with Crippen LogP contribution in [0.4, 0.5) is 0 Å². The summed E-state index contributed by atoms with van der Waals surface area (Å²) < 4.78 is -0.0392. The number of hydrogen-bond acceptors (Lipinski definition) is 3. The molecule has 0 bridgehead atoms. The van der Waals surface area contributed by atoms with Crippen LogP contribution in [-0.4, -0.2) is 0 Å². The van der Waals surface area contributed by atoms with E-state index in [1.54, 1.807) is 30.6 Å². The topological polar surface area (TPSA) is 0 Å². The van der Waals surface area contributed by atoms with Crippen molar-refractivity contribution in [3.05, 3.63) is 144 Å². The highest BCUT2D eigenvalue weighted by Crippen LogP contribution is 2.45. The zero-order valence-corrected chi connectivity index (χ0v) is 29.0. The standard InChI is InChI=1S/C14H13BrS.C11H15BrS.C7H7BrS/c1-14(16-15,12-8-4-2-5-9-12)13-10-6-3-7-11-13;1-2-3-9-11(13-12)10-7-5-4-6-8-10;8-9-6-7-4-2-1-3-5-7/h2-11H,1H3;4-8,11H,2-3,9H2,1H3;1-5H,6H2. The third-order valence-electron chi connectivity index (χ3n) is 5.97. The molecule has 0 radical (unpaired) electrons. The average Bonchev–Trinajstić information content (AvgIpc) is 3.00. The first-order chi connectivity index (χ1) is 18.6. The maximum Gasteiger partial charge on any atom is 0.0738 e. The van der Waals surface area contributed by atoms with E-state index in [4.69, 9.17) is 0 Å². The van der Waals surface area contributed by atoms with Gasteiger partial charge in [0.2, 0.25) is 0 Å². The van der Waals surface area contributed by atoms with Gasteiger partial charge in [0.15, 0.2) is 0 Å². The minimum Gasteiger partial charge on any atom is -0.0787 e. The number of benzene rings is 4. The van der Waals surface area contributed by atoms with Gasteiger partial charge in [0.05, 0.1) is 4.75 Å². The summed E-state index contributed by atoms with van der Waals surface area (Å²) in [5.74, 6) is 1.04. The molecule has 0 aliphatic rings. The van der Waals surface area contributed by atoms with Crippen LogP contribution >= 0.6 is 75.0 Å². The second kappa shape index (κ2) is 20.3. The van der Waals surface area contributed by atoms with Gasteiger partial charge in [-0.3, -0.25) is 0 Å². The molecule has 0 nitrogen and oxygen atoms in total. The fourth-order valence-corrected chi connectivity index (χ4v) is 8.13. The molecule has 202 valence electrons. The second-order valence-electron chi connectivity index (χ2n) is 8.71. The van der Waals surface area contributed by atoms with Gasteiger partial charge in [-0.1, -0.05) is 172 Å². The van der Waals surface area contributed by atoms with Crippen LogP contribution in [0.3, 0.4) is 0 Å². The van der Waals surface area contributed by atoms with Gasteiger partial charge in [-0.15, -0.1) is 0 Å². The lowest BCUT2D eigenvalue weighted by molar-refractivity contribution is 0.709. The Morgan fingerprint density at radius 2 is 1.11 bits per heavy atom. The summed E-state index contributed by atoms with van der Waals surface area (Å²) in [6.07, 6.45) is 3.84. The van der Waals surface area contributed by atoms with Crippen molar-refractivity contribution in [3.63, 3.8) is 0 Å². The Hall–Kier alpha value is -0.630. The summed E-state index contributed by atoms with van der Waals surface area (Å²) in [5.41, 5.74) is 5.41. The predicted octanol–water partition coefficient (Wildman–Crippen LogP) is 13.2. The van der Waals surface area contributed by atoms with Gasteiger partial charge >= 0.3 is 0 Å². The van der Waals surface area contributed by atoms with E-state index in [2.05, 4.69) is 161 Å². The Bertz CT molecular complexity index is 1060. The van der Waals surface area contributed by atoms with Crippen molar-refractivity contribution in [2.75, 3.05) is 0 Å². The van der Waals surface area contributed by atoms with Crippen molar-refractivity contribution < 1.29 is 0 Å². The SMILES string of the molecule is BrSCc1ccccc1.CC(SBr)(c1ccccc1)c1ccccc1.CCCCC(SBr)c1ccccc1. The highest BCUT2D eigenvalue weighted by atomic mass is 79.9. The smallest absolute Gasteiger partial charge is 0.0738 e. The first kappa shape index (κ1) is 33.6. The van der Waals surface area contributed by atoms with E-state index in [0.717, 1.165) is 5.75 Å². The zero-order valence-electron chi connectivity index (χ0n) is 21.8. The third kappa shape index (κ3) is 11.9. The number of unbranched alkanes of at least 4 members (excludes halogenated alkanes) is 1. The Morgan fingerprint density at radius 1 is 0.658 bits per heavy atom. The molecule has 0 fully saturated rings. The van der Waals surface area contributed by atoms with Crippen molar-refractivity contribution in [2.24, 2.45) is 0 Å². The van der Waals surface area contributed by atoms with Gasteiger partial charge in [-0.25, -0.2) is 0 Å². The minimum atomic E-state index is -0.0392. The molecule has 0 heterocycles. The number of hydrogen-bond donors (Lipinski definition) is 0. The van der Waals surface area contributed by atoms with Gasteiger partial charge in [-0.05, 0) is 80.0 Å². The Kier molecular flexibility index (Phi) is 17.9. The second-order valence-corrected chi connectivity index (χ2v) is 14.4. The van der Waals surface area contributed by atoms with Crippen molar-refractivity contribution >= 4 is 75.0 Å². The molecule has 6 heteroatoms.